The number of carbonyl (C=O) groups is 3. The Morgan fingerprint density at radius 1 is 1.09 bits per heavy atom. The van der Waals surface area contributed by atoms with Crippen molar-refractivity contribution < 1.29 is 19.5 Å². The van der Waals surface area contributed by atoms with Gasteiger partial charge >= 0.3 is 12.0 Å². The Hall–Kier alpha value is -2.57. The van der Waals surface area contributed by atoms with E-state index in [1.165, 1.54) is 0 Å². The van der Waals surface area contributed by atoms with Gasteiger partial charge in [-0.2, -0.15) is 0 Å². The van der Waals surface area contributed by atoms with E-state index in [4.69, 9.17) is 5.11 Å². The summed E-state index contributed by atoms with van der Waals surface area (Å²) in [6.45, 7) is 3.89. The number of rotatable bonds is 8. The van der Waals surface area contributed by atoms with Gasteiger partial charge in [-0.1, -0.05) is 44.2 Å². The normalized spacial score (nSPS) is 11.6. The third kappa shape index (κ3) is 7.85. The summed E-state index contributed by atoms with van der Waals surface area (Å²) < 4.78 is 0. The van der Waals surface area contributed by atoms with E-state index in [9.17, 15) is 14.4 Å². The summed E-state index contributed by atoms with van der Waals surface area (Å²) in [7, 11) is 0. The minimum absolute atomic E-state index is 0.131. The lowest BCUT2D eigenvalue weighted by Crippen LogP contribution is -2.50. The molecule has 23 heavy (non-hydrogen) atoms. The van der Waals surface area contributed by atoms with Crippen LogP contribution in [0, 0.1) is 5.92 Å². The first-order chi connectivity index (χ1) is 10.9. The van der Waals surface area contributed by atoms with Crippen molar-refractivity contribution in [2.75, 3.05) is 6.54 Å². The number of urea groups is 1. The average Bonchev–Trinajstić information content (AvgIpc) is 2.49. The predicted molar refractivity (Wildman–Crippen MR) is 85.7 cm³/mol. The minimum Gasteiger partial charge on any atom is -0.480 e. The van der Waals surface area contributed by atoms with Gasteiger partial charge in [-0.25, -0.2) is 9.59 Å². The molecule has 0 saturated heterocycles. The Morgan fingerprint density at radius 2 is 1.74 bits per heavy atom. The smallest absolute Gasteiger partial charge is 0.328 e. The Balaban J connectivity index is 2.38. The molecule has 1 aromatic carbocycles. The minimum atomic E-state index is -1.19. The fraction of sp³-hybridized carbons (Fsp3) is 0.438. The number of carbonyl (C=O) groups excluding carboxylic acids is 2. The van der Waals surface area contributed by atoms with E-state index in [0.29, 0.717) is 6.54 Å². The van der Waals surface area contributed by atoms with Crippen molar-refractivity contribution in [2.24, 2.45) is 5.92 Å². The van der Waals surface area contributed by atoms with E-state index in [-0.39, 0.29) is 24.8 Å². The zero-order chi connectivity index (χ0) is 17.2. The zero-order valence-electron chi connectivity index (χ0n) is 13.3. The van der Waals surface area contributed by atoms with E-state index in [1.54, 1.807) is 0 Å². The van der Waals surface area contributed by atoms with Gasteiger partial charge in [0.15, 0.2) is 0 Å². The summed E-state index contributed by atoms with van der Waals surface area (Å²) in [4.78, 5) is 34.4. The molecule has 1 aromatic rings. The standard InChI is InChI=1S/C16H23N3O4/c1-11(2)8-14(20)19-13(15(21)22)10-18-16(23)17-9-12-6-4-3-5-7-12/h3-7,11,13H,8-10H2,1-2H3,(H,19,20)(H,21,22)(H2,17,18,23). The van der Waals surface area contributed by atoms with Gasteiger partial charge in [0.25, 0.3) is 0 Å². The van der Waals surface area contributed by atoms with Crippen LogP contribution in [0.2, 0.25) is 0 Å². The molecule has 1 atom stereocenters. The van der Waals surface area contributed by atoms with Crippen LogP contribution in [0.1, 0.15) is 25.8 Å². The quantitative estimate of drug-likeness (QED) is 0.575. The molecule has 0 fully saturated rings. The maximum atomic E-state index is 11.7. The van der Waals surface area contributed by atoms with Crippen molar-refractivity contribution in [3.05, 3.63) is 35.9 Å². The van der Waals surface area contributed by atoms with Gasteiger partial charge in [0, 0.05) is 13.0 Å². The van der Waals surface area contributed by atoms with E-state index in [1.807, 2.05) is 44.2 Å². The predicted octanol–water partition coefficient (Wildman–Crippen LogP) is 1.10. The lowest BCUT2D eigenvalue weighted by atomic mass is 10.1. The highest BCUT2D eigenvalue weighted by Crippen LogP contribution is 1.99. The van der Waals surface area contributed by atoms with E-state index >= 15 is 0 Å². The molecule has 0 heterocycles. The van der Waals surface area contributed by atoms with Gasteiger partial charge in [0.2, 0.25) is 5.91 Å². The number of aliphatic carboxylic acids is 1. The number of nitrogens with one attached hydrogen (secondary N) is 3. The molecular weight excluding hydrogens is 298 g/mol. The summed E-state index contributed by atoms with van der Waals surface area (Å²) in [5.41, 5.74) is 0.933. The molecule has 0 radical (unpaired) electrons. The molecule has 0 spiro atoms. The van der Waals surface area contributed by atoms with Crippen LogP contribution in [0.5, 0.6) is 0 Å². The third-order valence-corrected chi connectivity index (χ3v) is 2.99. The summed E-state index contributed by atoms with van der Waals surface area (Å²) in [6, 6.07) is 7.70. The molecule has 1 rings (SSSR count). The van der Waals surface area contributed by atoms with Crippen molar-refractivity contribution >= 4 is 17.9 Å². The van der Waals surface area contributed by atoms with Gasteiger partial charge < -0.3 is 21.1 Å². The Labute approximate surface area is 135 Å². The van der Waals surface area contributed by atoms with Gasteiger partial charge in [-0.3, -0.25) is 4.79 Å². The maximum Gasteiger partial charge on any atom is 0.328 e. The summed E-state index contributed by atoms with van der Waals surface area (Å²) in [5, 5.41) is 16.6. The summed E-state index contributed by atoms with van der Waals surface area (Å²) in [6.07, 6.45) is 0.240. The molecule has 7 heteroatoms. The van der Waals surface area contributed by atoms with Crippen LogP contribution >= 0.6 is 0 Å². The van der Waals surface area contributed by atoms with Crippen molar-refractivity contribution in [1.29, 1.82) is 0 Å². The highest BCUT2D eigenvalue weighted by atomic mass is 16.4. The second kappa shape index (κ2) is 9.45. The van der Waals surface area contributed by atoms with Crippen LogP contribution in [-0.4, -0.2) is 35.6 Å². The Morgan fingerprint density at radius 3 is 2.30 bits per heavy atom. The molecule has 0 saturated carbocycles. The van der Waals surface area contributed by atoms with Crippen LogP contribution in [-0.2, 0) is 16.1 Å². The van der Waals surface area contributed by atoms with Crippen LogP contribution in [0.4, 0.5) is 4.79 Å². The first kappa shape index (κ1) is 18.5. The van der Waals surface area contributed by atoms with Gasteiger partial charge in [0.1, 0.15) is 6.04 Å². The highest BCUT2D eigenvalue weighted by molar-refractivity contribution is 5.84. The Kier molecular flexibility index (Phi) is 7.59. The molecule has 7 nitrogen and oxygen atoms in total. The van der Waals surface area contributed by atoms with Crippen LogP contribution in [0.15, 0.2) is 30.3 Å². The molecule has 4 N–H and O–H groups in total. The SMILES string of the molecule is CC(C)CC(=O)NC(CNC(=O)NCc1ccccc1)C(=O)O. The molecule has 1 unspecified atom stereocenters. The van der Waals surface area contributed by atoms with E-state index in [0.717, 1.165) is 5.56 Å². The van der Waals surface area contributed by atoms with Crippen LogP contribution in [0.25, 0.3) is 0 Å². The fourth-order valence-electron chi connectivity index (χ4n) is 1.86. The molecule has 0 aliphatic heterocycles. The fourth-order valence-corrected chi connectivity index (χ4v) is 1.86. The van der Waals surface area contributed by atoms with E-state index < -0.39 is 18.0 Å². The molecule has 0 aliphatic carbocycles. The molecule has 3 amide bonds. The topological polar surface area (TPSA) is 108 Å². The number of carboxylic acid groups (broad SMARTS) is 1. The third-order valence-electron chi connectivity index (χ3n) is 2.99. The van der Waals surface area contributed by atoms with Gasteiger partial charge in [0.05, 0.1) is 6.54 Å². The maximum absolute atomic E-state index is 11.7. The van der Waals surface area contributed by atoms with Crippen LogP contribution < -0.4 is 16.0 Å². The molecule has 0 aliphatic rings. The van der Waals surface area contributed by atoms with Crippen molar-refractivity contribution in [3.63, 3.8) is 0 Å². The van der Waals surface area contributed by atoms with E-state index in [2.05, 4.69) is 16.0 Å². The summed E-state index contributed by atoms with van der Waals surface area (Å²) >= 11 is 0. The van der Waals surface area contributed by atoms with Crippen LogP contribution in [0.3, 0.4) is 0 Å². The largest absolute Gasteiger partial charge is 0.480 e. The number of amides is 3. The summed E-state index contributed by atoms with van der Waals surface area (Å²) in [5.74, 6) is -1.41. The second-order valence-electron chi connectivity index (χ2n) is 5.61. The molecule has 126 valence electrons. The molecule has 0 bridgehead atoms. The lowest BCUT2D eigenvalue weighted by Gasteiger charge is -2.16. The lowest BCUT2D eigenvalue weighted by molar-refractivity contribution is -0.141. The number of hydrogen-bond donors (Lipinski definition) is 4. The number of hydrogen-bond acceptors (Lipinski definition) is 3. The molecule has 0 aromatic heterocycles. The van der Waals surface area contributed by atoms with Gasteiger partial charge in [-0.15, -0.1) is 0 Å². The number of carboxylic acids is 1. The first-order valence-electron chi connectivity index (χ1n) is 7.46. The second-order valence-corrected chi connectivity index (χ2v) is 5.61. The monoisotopic (exact) mass is 321 g/mol. The van der Waals surface area contributed by atoms with Crippen molar-refractivity contribution in [2.45, 2.75) is 32.9 Å². The highest BCUT2D eigenvalue weighted by Gasteiger charge is 2.20. The van der Waals surface area contributed by atoms with Crippen molar-refractivity contribution in [3.8, 4) is 0 Å². The van der Waals surface area contributed by atoms with Gasteiger partial charge in [-0.05, 0) is 11.5 Å². The zero-order valence-corrected chi connectivity index (χ0v) is 13.3. The first-order valence-corrected chi connectivity index (χ1v) is 7.46. The number of benzene rings is 1. The Bertz CT molecular complexity index is 531. The molecular formula is C16H23N3O4. The van der Waals surface area contributed by atoms with Crippen molar-refractivity contribution in [1.82, 2.24) is 16.0 Å². The average molecular weight is 321 g/mol.